The summed E-state index contributed by atoms with van der Waals surface area (Å²) in [6.45, 7) is 1.99. The Morgan fingerprint density at radius 3 is 2.94 bits per heavy atom. The number of fused-ring (bicyclic) bond motifs is 3. The van der Waals surface area contributed by atoms with Crippen molar-refractivity contribution < 1.29 is 9.13 Å². The van der Waals surface area contributed by atoms with Gasteiger partial charge in [0.2, 0.25) is 0 Å². The smallest absolute Gasteiger partial charge is 0.189 e. The van der Waals surface area contributed by atoms with Crippen molar-refractivity contribution in [1.29, 1.82) is 5.26 Å². The van der Waals surface area contributed by atoms with E-state index in [2.05, 4.69) is 26.9 Å². The fourth-order valence-corrected chi connectivity index (χ4v) is 6.70. The highest BCUT2D eigenvalue weighted by Crippen LogP contribution is 2.49. The quantitative estimate of drug-likeness (QED) is 0.252. The van der Waals surface area contributed by atoms with E-state index in [0.29, 0.717) is 33.2 Å². The van der Waals surface area contributed by atoms with Gasteiger partial charge in [-0.3, -0.25) is 0 Å². The Kier molecular flexibility index (Phi) is 6.60. The molecule has 0 saturated carbocycles. The third-order valence-corrected chi connectivity index (χ3v) is 8.59. The average molecular weight is 552 g/mol. The zero-order chi connectivity index (χ0) is 23.2. The molecule has 174 valence electrons. The van der Waals surface area contributed by atoms with Crippen molar-refractivity contribution in [3.8, 4) is 6.07 Å². The van der Waals surface area contributed by atoms with Gasteiger partial charge in [-0.25, -0.2) is 14.4 Å². The molecule has 1 spiro atoms. The van der Waals surface area contributed by atoms with Gasteiger partial charge in [-0.2, -0.15) is 5.26 Å². The molecule has 9 heteroatoms. The Morgan fingerprint density at radius 2 is 2.15 bits per heavy atom. The van der Waals surface area contributed by atoms with E-state index in [1.54, 1.807) is 6.07 Å². The summed E-state index contributed by atoms with van der Waals surface area (Å²) in [6.07, 6.45) is 7.54. The molecule has 5 nitrogen and oxygen atoms in total. The molecule has 0 bridgehead atoms. The van der Waals surface area contributed by atoms with Crippen LogP contribution in [0.4, 0.5) is 10.2 Å². The number of nitrogens with zero attached hydrogens (tertiary/aromatic N) is 4. The lowest BCUT2D eigenvalue weighted by atomic mass is 9.74. The minimum atomic E-state index is -0.774. The maximum atomic E-state index is 15.4. The van der Waals surface area contributed by atoms with Crippen LogP contribution >= 0.6 is 39.3 Å². The number of hydrogen-bond donors (Lipinski definition) is 0. The molecule has 1 saturated heterocycles. The standard InChI is InChI=1S/C24H25BrClFN4OS/c1-33-23-29-19-11-24(7-2-5-15-18(26)10-17(25)21(27)20(15)24)32-13-16(19)22(30-23)31-8-3-4-14(12-28)6-9-31/h10,14H,2-9,11,13H2,1H3/t14-,24?/m1/s1. The van der Waals surface area contributed by atoms with E-state index in [1.165, 1.54) is 11.8 Å². The topological polar surface area (TPSA) is 62.0 Å². The van der Waals surface area contributed by atoms with Crippen molar-refractivity contribution in [2.45, 2.75) is 62.3 Å². The summed E-state index contributed by atoms with van der Waals surface area (Å²) in [6, 6.07) is 4.07. The van der Waals surface area contributed by atoms with Crippen LogP contribution in [-0.2, 0) is 29.8 Å². The number of ether oxygens (including phenoxy) is 1. The second-order valence-corrected chi connectivity index (χ2v) is 11.1. The first-order valence-corrected chi connectivity index (χ1v) is 13.7. The van der Waals surface area contributed by atoms with Gasteiger partial charge >= 0.3 is 0 Å². The highest BCUT2D eigenvalue weighted by atomic mass is 79.9. The predicted octanol–water partition coefficient (Wildman–Crippen LogP) is 6.19. The van der Waals surface area contributed by atoms with E-state index >= 15 is 4.39 Å². The van der Waals surface area contributed by atoms with Crippen LogP contribution in [0.2, 0.25) is 5.02 Å². The van der Waals surface area contributed by atoms with Gasteiger partial charge in [-0.15, -0.1) is 0 Å². The van der Waals surface area contributed by atoms with E-state index in [1.807, 2.05) is 6.26 Å². The second kappa shape index (κ2) is 9.33. The third-order valence-electron chi connectivity index (χ3n) is 7.12. The van der Waals surface area contributed by atoms with E-state index in [4.69, 9.17) is 26.3 Å². The summed E-state index contributed by atoms with van der Waals surface area (Å²) in [5.41, 5.74) is 2.57. The molecule has 1 aromatic heterocycles. The highest BCUT2D eigenvalue weighted by molar-refractivity contribution is 9.10. The number of anilines is 1. The highest BCUT2D eigenvalue weighted by Gasteiger charge is 2.45. The Bertz CT molecular complexity index is 1140. The van der Waals surface area contributed by atoms with Crippen LogP contribution in [0.5, 0.6) is 0 Å². The molecular formula is C24H25BrClFN4OS. The van der Waals surface area contributed by atoms with Crippen molar-refractivity contribution in [1.82, 2.24) is 9.97 Å². The lowest BCUT2D eigenvalue weighted by Crippen LogP contribution is -2.41. The first-order valence-electron chi connectivity index (χ1n) is 11.3. The SMILES string of the molecule is CSc1nc2c(c(N3CCC[C@@H](C#N)CC3)n1)COC1(CCCc3c(Cl)cc(Br)c(F)c31)C2. The van der Waals surface area contributed by atoms with E-state index in [9.17, 15) is 5.26 Å². The largest absolute Gasteiger partial charge is 0.365 e. The molecule has 5 rings (SSSR count). The fourth-order valence-electron chi connectivity index (χ4n) is 5.46. The van der Waals surface area contributed by atoms with Crippen molar-refractivity contribution in [3.05, 3.63) is 43.8 Å². The monoisotopic (exact) mass is 550 g/mol. The summed E-state index contributed by atoms with van der Waals surface area (Å²) in [4.78, 5) is 12.0. The number of halogens is 3. The molecule has 33 heavy (non-hydrogen) atoms. The number of hydrogen-bond acceptors (Lipinski definition) is 6. The maximum absolute atomic E-state index is 15.4. The number of benzene rings is 1. The molecule has 3 aliphatic rings. The Hall–Kier alpha value is -1.40. The number of thioether (sulfide) groups is 1. The Morgan fingerprint density at radius 1 is 1.30 bits per heavy atom. The molecule has 0 radical (unpaired) electrons. The van der Waals surface area contributed by atoms with E-state index in [-0.39, 0.29) is 11.7 Å². The molecule has 0 amide bonds. The van der Waals surface area contributed by atoms with Crippen LogP contribution in [0.3, 0.4) is 0 Å². The molecule has 3 heterocycles. The number of aromatic nitrogens is 2. The Labute approximate surface area is 211 Å². The summed E-state index contributed by atoms with van der Waals surface area (Å²) >= 11 is 11.4. The van der Waals surface area contributed by atoms with Crippen molar-refractivity contribution in [2.75, 3.05) is 24.2 Å². The van der Waals surface area contributed by atoms with Gasteiger partial charge < -0.3 is 9.64 Å². The lowest BCUT2D eigenvalue weighted by molar-refractivity contribution is -0.0878. The van der Waals surface area contributed by atoms with Crippen molar-refractivity contribution >= 4 is 45.1 Å². The molecule has 1 aliphatic carbocycles. The second-order valence-electron chi connectivity index (χ2n) is 9.02. The normalized spacial score (nSPS) is 24.7. The molecule has 0 N–H and O–H groups in total. The van der Waals surface area contributed by atoms with E-state index < -0.39 is 5.60 Å². The minimum absolute atomic E-state index is 0.0946. The van der Waals surface area contributed by atoms with Crippen LogP contribution in [0.15, 0.2) is 15.7 Å². The summed E-state index contributed by atoms with van der Waals surface area (Å²) < 4.78 is 22.4. The first-order chi connectivity index (χ1) is 16.0. The number of rotatable bonds is 2. The molecular weight excluding hydrogens is 527 g/mol. The molecule has 1 unspecified atom stereocenters. The van der Waals surface area contributed by atoms with Crippen LogP contribution in [0.1, 0.15) is 54.5 Å². The van der Waals surface area contributed by atoms with Crippen LogP contribution < -0.4 is 4.90 Å². The molecule has 1 fully saturated rings. The average Bonchev–Trinajstić information content (AvgIpc) is 3.07. The van der Waals surface area contributed by atoms with Gasteiger partial charge in [0, 0.05) is 41.6 Å². The lowest BCUT2D eigenvalue weighted by Gasteiger charge is -2.43. The number of nitriles is 1. The predicted molar refractivity (Wildman–Crippen MR) is 131 cm³/mol. The van der Waals surface area contributed by atoms with Gasteiger partial charge in [0.15, 0.2) is 5.16 Å². The minimum Gasteiger partial charge on any atom is -0.365 e. The molecule has 2 atom stereocenters. The zero-order valence-electron chi connectivity index (χ0n) is 18.5. The van der Waals surface area contributed by atoms with Crippen LogP contribution in [-0.4, -0.2) is 29.3 Å². The molecule has 1 aromatic carbocycles. The summed E-state index contributed by atoms with van der Waals surface area (Å²) in [5, 5.41) is 10.7. The van der Waals surface area contributed by atoms with Crippen LogP contribution in [0, 0.1) is 23.1 Å². The summed E-state index contributed by atoms with van der Waals surface area (Å²) in [5.74, 6) is 0.714. The van der Waals surface area contributed by atoms with Crippen molar-refractivity contribution in [2.24, 2.45) is 5.92 Å². The van der Waals surface area contributed by atoms with E-state index in [0.717, 1.165) is 74.3 Å². The van der Waals surface area contributed by atoms with Crippen molar-refractivity contribution in [3.63, 3.8) is 0 Å². The first kappa shape index (κ1) is 23.3. The third kappa shape index (κ3) is 4.16. The van der Waals surface area contributed by atoms with Gasteiger partial charge in [0.05, 0.1) is 22.8 Å². The van der Waals surface area contributed by atoms with Gasteiger partial charge in [-0.05, 0) is 72.3 Å². The fraction of sp³-hybridized carbons (Fsp3) is 0.542. The van der Waals surface area contributed by atoms with Gasteiger partial charge in [-0.1, -0.05) is 23.4 Å². The maximum Gasteiger partial charge on any atom is 0.189 e. The van der Waals surface area contributed by atoms with Gasteiger partial charge in [0.1, 0.15) is 17.2 Å². The van der Waals surface area contributed by atoms with Gasteiger partial charge in [0.25, 0.3) is 0 Å². The van der Waals surface area contributed by atoms with Crippen LogP contribution in [0.25, 0.3) is 0 Å². The molecule has 2 aliphatic heterocycles. The zero-order valence-corrected chi connectivity index (χ0v) is 21.6. The molecule has 2 aromatic rings. The summed E-state index contributed by atoms with van der Waals surface area (Å²) in [7, 11) is 0. The Balaban J connectivity index is 1.57.